The summed E-state index contributed by atoms with van der Waals surface area (Å²) in [5, 5.41) is 0.493. The number of benzene rings is 2. The fourth-order valence-corrected chi connectivity index (χ4v) is 5.05. The number of methoxy groups -OCH3 is 3. The van der Waals surface area contributed by atoms with E-state index in [-0.39, 0.29) is 23.2 Å². The Morgan fingerprint density at radius 3 is 2.19 bits per heavy atom. The van der Waals surface area contributed by atoms with E-state index in [0.29, 0.717) is 51.2 Å². The molecule has 3 rings (SSSR count). The van der Waals surface area contributed by atoms with E-state index in [1.54, 1.807) is 35.2 Å². The SMILES string of the molecule is COc1cc(C=CC(=O)N(CCN(C)C)c2nc3ccc(S(C)(=O)=O)cc3s2)cc(OC)c1OC.Cl. The maximum atomic E-state index is 13.3. The minimum absolute atomic E-state index is 0. The van der Waals surface area contributed by atoms with Crippen LogP contribution in [0.2, 0.25) is 0 Å². The van der Waals surface area contributed by atoms with Crippen LogP contribution in [-0.2, 0) is 14.6 Å². The summed E-state index contributed by atoms with van der Waals surface area (Å²) >= 11 is 1.27. The summed E-state index contributed by atoms with van der Waals surface area (Å²) in [6, 6.07) is 8.27. The molecule has 0 aliphatic carbocycles. The monoisotopic (exact) mass is 555 g/mol. The number of fused-ring (bicyclic) bond motifs is 1. The van der Waals surface area contributed by atoms with Crippen LogP contribution in [0, 0.1) is 0 Å². The van der Waals surface area contributed by atoms with Crippen LogP contribution in [0.5, 0.6) is 17.2 Å². The molecule has 0 aliphatic heterocycles. The summed E-state index contributed by atoms with van der Waals surface area (Å²) in [6.07, 6.45) is 4.30. The molecular weight excluding hydrogens is 526 g/mol. The third-order valence-electron chi connectivity index (χ3n) is 5.15. The molecule has 1 amide bonds. The lowest BCUT2D eigenvalue weighted by atomic mass is 10.1. The summed E-state index contributed by atoms with van der Waals surface area (Å²) in [6.45, 7) is 1.03. The van der Waals surface area contributed by atoms with Crippen LogP contribution in [0.15, 0.2) is 41.3 Å². The number of anilines is 1. The van der Waals surface area contributed by atoms with Crippen molar-refractivity contribution in [2.45, 2.75) is 4.90 Å². The molecule has 0 saturated carbocycles. The fraction of sp³-hybridized carbons (Fsp3) is 0.333. The second kappa shape index (κ2) is 12.4. The third kappa shape index (κ3) is 6.88. The lowest BCUT2D eigenvalue weighted by Crippen LogP contribution is -2.35. The van der Waals surface area contributed by atoms with Crippen LogP contribution in [0.1, 0.15) is 5.56 Å². The Bertz CT molecular complexity index is 1330. The van der Waals surface area contributed by atoms with E-state index >= 15 is 0 Å². The standard InChI is InChI=1S/C24H29N3O6S2.ClH/c1-26(2)11-12-27(24-25-18-9-8-17(35(6,29)30)15-21(18)34-24)22(28)10-7-16-13-19(31-3)23(33-5)20(14-16)32-4;/h7-10,13-15H,11-12H2,1-6H3;1H. The molecule has 3 aromatic rings. The van der Waals surface area contributed by atoms with Crippen molar-refractivity contribution in [1.29, 1.82) is 0 Å². The van der Waals surface area contributed by atoms with Crippen molar-refractivity contribution >= 4 is 60.9 Å². The molecule has 0 aliphatic rings. The van der Waals surface area contributed by atoms with Crippen molar-refractivity contribution in [3.63, 3.8) is 0 Å². The topological polar surface area (TPSA) is 98.3 Å². The van der Waals surface area contributed by atoms with Crippen molar-refractivity contribution in [1.82, 2.24) is 9.88 Å². The maximum absolute atomic E-state index is 13.3. The average molecular weight is 556 g/mol. The molecule has 0 radical (unpaired) electrons. The van der Waals surface area contributed by atoms with Gasteiger partial charge < -0.3 is 19.1 Å². The number of thiazole rings is 1. The summed E-state index contributed by atoms with van der Waals surface area (Å²) < 4.78 is 40.7. The Morgan fingerprint density at radius 2 is 1.67 bits per heavy atom. The first-order valence-electron chi connectivity index (χ1n) is 10.6. The van der Waals surface area contributed by atoms with Gasteiger partial charge in [-0.15, -0.1) is 12.4 Å². The van der Waals surface area contributed by atoms with Crippen molar-refractivity contribution in [2.24, 2.45) is 0 Å². The number of rotatable bonds is 10. The molecule has 9 nitrogen and oxygen atoms in total. The highest BCUT2D eigenvalue weighted by Crippen LogP contribution is 2.38. The number of likely N-dealkylation sites (N-methyl/N-ethyl adjacent to an activating group) is 1. The van der Waals surface area contributed by atoms with E-state index in [1.807, 2.05) is 19.0 Å². The van der Waals surface area contributed by atoms with Gasteiger partial charge in [-0.25, -0.2) is 13.4 Å². The number of aromatic nitrogens is 1. The normalized spacial score (nSPS) is 11.5. The number of ether oxygens (including phenoxy) is 3. The minimum Gasteiger partial charge on any atom is -0.493 e. The summed E-state index contributed by atoms with van der Waals surface area (Å²) in [7, 11) is 5.08. The van der Waals surface area contributed by atoms with E-state index < -0.39 is 9.84 Å². The lowest BCUT2D eigenvalue weighted by molar-refractivity contribution is -0.114. The molecule has 0 fully saturated rings. The molecule has 0 saturated heterocycles. The zero-order chi connectivity index (χ0) is 25.8. The highest BCUT2D eigenvalue weighted by Gasteiger charge is 2.20. The Labute approximate surface area is 221 Å². The fourth-order valence-electron chi connectivity index (χ4n) is 3.29. The van der Waals surface area contributed by atoms with Crippen LogP contribution in [0.4, 0.5) is 5.13 Å². The smallest absolute Gasteiger partial charge is 0.252 e. The number of halogens is 1. The predicted octanol–water partition coefficient (Wildman–Crippen LogP) is 3.76. The Hall–Kier alpha value is -2.86. The van der Waals surface area contributed by atoms with E-state index in [9.17, 15) is 13.2 Å². The van der Waals surface area contributed by atoms with Gasteiger partial charge in [0.15, 0.2) is 26.5 Å². The van der Waals surface area contributed by atoms with E-state index in [4.69, 9.17) is 14.2 Å². The summed E-state index contributed by atoms with van der Waals surface area (Å²) in [5.74, 6) is 1.17. The molecule has 0 unspecified atom stereocenters. The molecular formula is C24H30ClN3O6S2. The van der Waals surface area contributed by atoms with E-state index in [1.165, 1.54) is 44.8 Å². The highest BCUT2D eigenvalue weighted by atomic mass is 35.5. The van der Waals surface area contributed by atoms with E-state index in [0.717, 1.165) is 6.26 Å². The van der Waals surface area contributed by atoms with Crippen LogP contribution < -0.4 is 19.1 Å². The second-order valence-electron chi connectivity index (χ2n) is 7.98. The van der Waals surface area contributed by atoms with Gasteiger partial charge in [-0.1, -0.05) is 11.3 Å². The molecule has 2 aromatic carbocycles. The molecule has 196 valence electrons. The molecule has 36 heavy (non-hydrogen) atoms. The number of sulfone groups is 1. The maximum Gasteiger partial charge on any atom is 0.252 e. The van der Waals surface area contributed by atoms with Gasteiger partial charge in [-0.2, -0.15) is 0 Å². The van der Waals surface area contributed by atoms with Crippen molar-refractivity contribution in [3.05, 3.63) is 42.0 Å². The molecule has 0 atom stereocenters. The van der Waals surface area contributed by atoms with Gasteiger partial charge in [0.05, 0.1) is 36.4 Å². The number of hydrogen-bond donors (Lipinski definition) is 0. The van der Waals surface area contributed by atoms with Gasteiger partial charge in [-0.3, -0.25) is 9.69 Å². The average Bonchev–Trinajstić information content (AvgIpc) is 3.24. The van der Waals surface area contributed by atoms with Gasteiger partial charge in [0.2, 0.25) is 5.75 Å². The zero-order valence-electron chi connectivity index (χ0n) is 21.0. The van der Waals surface area contributed by atoms with Crippen molar-refractivity contribution in [2.75, 3.05) is 59.7 Å². The summed E-state index contributed by atoms with van der Waals surface area (Å²) in [5.41, 5.74) is 1.33. The lowest BCUT2D eigenvalue weighted by Gasteiger charge is -2.20. The quantitative estimate of drug-likeness (QED) is 0.349. The first kappa shape index (κ1) is 29.4. The largest absolute Gasteiger partial charge is 0.493 e. The Kier molecular flexibility index (Phi) is 10.1. The van der Waals surface area contributed by atoms with Gasteiger partial charge in [-0.05, 0) is 56.1 Å². The third-order valence-corrected chi connectivity index (χ3v) is 7.30. The molecule has 0 spiro atoms. The number of carbonyl (C=O) groups is 1. The molecule has 0 bridgehead atoms. The van der Waals surface area contributed by atoms with Crippen LogP contribution in [0.3, 0.4) is 0 Å². The number of nitrogens with zero attached hydrogens (tertiary/aromatic N) is 3. The molecule has 12 heteroatoms. The first-order chi connectivity index (χ1) is 16.6. The van der Waals surface area contributed by atoms with Crippen molar-refractivity contribution < 1.29 is 27.4 Å². The molecule has 1 aromatic heterocycles. The Balaban J connectivity index is 0.00000456. The van der Waals surface area contributed by atoms with Crippen molar-refractivity contribution in [3.8, 4) is 17.2 Å². The predicted molar refractivity (Wildman–Crippen MR) is 146 cm³/mol. The zero-order valence-corrected chi connectivity index (χ0v) is 23.4. The van der Waals surface area contributed by atoms with Gasteiger partial charge in [0.1, 0.15) is 0 Å². The number of hydrogen-bond acceptors (Lipinski definition) is 9. The van der Waals surface area contributed by atoms with Crippen LogP contribution in [0.25, 0.3) is 16.3 Å². The van der Waals surface area contributed by atoms with Gasteiger partial charge >= 0.3 is 0 Å². The van der Waals surface area contributed by atoms with Gasteiger partial charge in [0.25, 0.3) is 5.91 Å². The highest BCUT2D eigenvalue weighted by molar-refractivity contribution is 7.90. The van der Waals surface area contributed by atoms with Crippen LogP contribution >= 0.6 is 23.7 Å². The van der Waals surface area contributed by atoms with Gasteiger partial charge in [0, 0.05) is 25.4 Å². The minimum atomic E-state index is -3.35. The van der Waals surface area contributed by atoms with Crippen LogP contribution in [-0.4, -0.2) is 79.0 Å². The molecule has 1 heterocycles. The first-order valence-corrected chi connectivity index (χ1v) is 13.3. The second-order valence-corrected chi connectivity index (χ2v) is 11.0. The summed E-state index contributed by atoms with van der Waals surface area (Å²) in [4.78, 5) is 21.6. The molecule has 0 N–H and O–H groups in total. The number of carbonyl (C=O) groups excluding carboxylic acids is 1. The van der Waals surface area contributed by atoms with E-state index in [2.05, 4.69) is 4.98 Å². The number of amides is 1. The Morgan fingerprint density at radius 1 is 1.03 bits per heavy atom.